The van der Waals surface area contributed by atoms with Gasteiger partial charge in [0.05, 0.1) is 5.69 Å². The number of aromatic amines is 1. The summed E-state index contributed by atoms with van der Waals surface area (Å²) in [5.74, 6) is 3.86. The van der Waals surface area contributed by atoms with Crippen LogP contribution >= 0.6 is 0 Å². The predicted octanol–water partition coefficient (Wildman–Crippen LogP) is 2.33. The predicted molar refractivity (Wildman–Crippen MR) is 92.5 cm³/mol. The molecular formula is C16H23N3OS. The molecule has 4 nitrogen and oxygen atoms in total. The maximum atomic E-state index is 12.3. The molecule has 5 heteroatoms. The van der Waals surface area contributed by atoms with Crippen molar-refractivity contribution in [2.45, 2.75) is 19.4 Å². The number of hydrogen-bond acceptors (Lipinski definition) is 2. The average Bonchev–Trinajstić information content (AvgIpc) is 2.89. The van der Waals surface area contributed by atoms with Gasteiger partial charge in [0.2, 0.25) is 0 Å². The molecule has 3 rings (SSSR count). The molecule has 1 aromatic heterocycles. The van der Waals surface area contributed by atoms with Gasteiger partial charge < -0.3 is 9.88 Å². The van der Waals surface area contributed by atoms with Gasteiger partial charge in [-0.2, -0.15) is 0 Å². The van der Waals surface area contributed by atoms with Crippen LogP contribution in [0, 0.1) is 0 Å². The molecule has 114 valence electrons. The van der Waals surface area contributed by atoms with Crippen LogP contribution in [-0.2, 0) is 9.71 Å². The third-order valence-corrected chi connectivity index (χ3v) is 5.78. The van der Waals surface area contributed by atoms with Gasteiger partial charge in [0.1, 0.15) is 0 Å². The number of para-hydroxylation sites is 1. The van der Waals surface area contributed by atoms with Crippen molar-refractivity contribution in [1.82, 2.24) is 9.29 Å². The van der Waals surface area contributed by atoms with E-state index in [4.69, 9.17) is 0 Å². The smallest absolute Gasteiger partial charge is 0.0624 e. The Balaban J connectivity index is 1.89. The molecule has 1 N–H and O–H groups in total. The minimum absolute atomic E-state index is 0.294. The fourth-order valence-electron chi connectivity index (χ4n) is 3.22. The molecule has 1 fully saturated rings. The van der Waals surface area contributed by atoms with Gasteiger partial charge in [0, 0.05) is 58.7 Å². The second kappa shape index (κ2) is 5.39. The van der Waals surface area contributed by atoms with E-state index >= 15 is 0 Å². The summed E-state index contributed by atoms with van der Waals surface area (Å²) >= 11 is 0. The standard InChI is InChI=1S/C16H23N3OS/c1-4-13-12-18(9-10-19(13)21(2,3)20)16-11-17-15-8-6-5-7-14(15)16/h5-8,11,13,17H,2,4,9-10,12H2,1,3H3. The number of fused-ring (bicyclic) bond motifs is 1. The van der Waals surface area contributed by atoms with Gasteiger partial charge >= 0.3 is 0 Å². The van der Waals surface area contributed by atoms with Gasteiger partial charge in [-0.15, -0.1) is 0 Å². The highest BCUT2D eigenvalue weighted by Crippen LogP contribution is 2.29. The molecular weight excluding hydrogens is 282 g/mol. The Bertz CT molecular complexity index is 735. The summed E-state index contributed by atoms with van der Waals surface area (Å²) < 4.78 is 14.4. The second-order valence-electron chi connectivity index (χ2n) is 5.83. The molecule has 2 atom stereocenters. The van der Waals surface area contributed by atoms with Crippen molar-refractivity contribution in [2.24, 2.45) is 0 Å². The first-order chi connectivity index (χ1) is 10.0. The number of rotatable bonds is 3. The van der Waals surface area contributed by atoms with Crippen molar-refractivity contribution in [3.05, 3.63) is 30.5 Å². The zero-order chi connectivity index (χ0) is 15.0. The number of H-pyrrole nitrogens is 1. The van der Waals surface area contributed by atoms with Crippen molar-refractivity contribution in [3.63, 3.8) is 0 Å². The summed E-state index contributed by atoms with van der Waals surface area (Å²) in [6.07, 6.45) is 4.82. The molecule has 0 aliphatic carbocycles. The highest BCUT2D eigenvalue weighted by molar-refractivity contribution is 7.97. The topological polar surface area (TPSA) is 39.3 Å². The first-order valence-corrected chi connectivity index (χ1v) is 9.50. The van der Waals surface area contributed by atoms with Crippen LogP contribution < -0.4 is 4.90 Å². The number of piperazine rings is 1. The fraction of sp³-hybridized carbons (Fsp3) is 0.438. The Morgan fingerprint density at radius 2 is 2.14 bits per heavy atom. The quantitative estimate of drug-likeness (QED) is 0.884. The van der Waals surface area contributed by atoms with Crippen molar-refractivity contribution in [1.29, 1.82) is 0 Å². The van der Waals surface area contributed by atoms with Crippen LogP contribution in [0.1, 0.15) is 13.3 Å². The minimum Gasteiger partial charge on any atom is -0.367 e. The van der Waals surface area contributed by atoms with Crippen LogP contribution in [0.3, 0.4) is 0 Å². The molecule has 2 heterocycles. The molecule has 0 bridgehead atoms. The zero-order valence-corrected chi connectivity index (χ0v) is 13.5. The van der Waals surface area contributed by atoms with Gasteiger partial charge in [-0.3, -0.25) is 4.21 Å². The molecule has 1 aromatic carbocycles. The van der Waals surface area contributed by atoms with Crippen molar-refractivity contribution < 1.29 is 4.21 Å². The zero-order valence-electron chi connectivity index (χ0n) is 12.7. The van der Waals surface area contributed by atoms with Crippen molar-refractivity contribution >= 4 is 32.2 Å². The van der Waals surface area contributed by atoms with E-state index in [1.165, 1.54) is 16.6 Å². The largest absolute Gasteiger partial charge is 0.367 e. The summed E-state index contributed by atoms with van der Waals surface area (Å²) in [5, 5.41) is 1.26. The third kappa shape index (κ3) is 2.68. The molecule has 0 spiro atoms. The maximum absolute atomic E-state index is 12.3. The average molecular weight is 305 g/mol. The maximum Gasteiger partial charge on any atom is 0.0624 e. The second-order valence-corrected chi connectivity index (χ2v) is 8.22. The Morgan fingerprint density at radius 3 is 2.86 bits per heavy atom. The van der Waals surface area contributed by atoms with Crippen molar-refractivity contribution in [3.8, 4) is 0 Å². The van der Waals surface area contributed by atoms with Crippen LogP contribution in [0.4, 0.5) is 5.69 Å². The first-order valence-electron chi connectivity index (χ1n) is 7.40. The van der Waals surface area contributed by atoms with Crippen LogP contribution in [0.5, 0.6) is 0 Å². The monoisotopic (exact) mass is 305 g/mol. The number of hydrogen-bond donors (Lipinski definition) is 1. The van der Waals surface area contributed by atoms with E-state index in [1.807, 2.05) is 6.07 Å². The van der Waals surface area contributed by atoms with E-state index in [9.17, 15) is 4.21 Å². The van der Waals surface area contributed by atoms with Crippen molar-refractivity contribution in [2.75, 3.05) is 30.8 Å². The van der Waals surface area contributed by atoms with Gasteiger partial charge in [-0.05, 0) is 18.4 Å². The van der Waals surface area contributed by atoms with Crippen LogP contribution in [0.15, 0.2) is 30.5 Å². The highest BCUT2D eigenvalue weighted by atomic mass is 32.2. The van der Waals surface area contributed by atoms with E-state index in [1.54, 1.807) is 6.26 Å². The number of aromatic nitrogens is 1. The van der Waals surface area contributed by atoms with E-state index in [2.05, 4.69) is 51.4 Å². The SMILES string of the molecule is C=S(C)(=O)N1CCN(c2c[nH]c3ccccc23)CC1CC. The number of nitrogens with zero attached hydrogens (tertiary/aromatic N) is 2. The Hall–Kier alpha value is -1.46. The Morgan fingerprint density at radius 1 is 1.38 bits per heavy atom. The summed E-state index contributed by atoms with van der Waals surface area (Å²) in [4.78, 5) is 5.73. The van der Waals surface area contributed by atoms with Gasteiger partial charge in [-0.1, -0.05) is 25.1 Å². The number of benzene rings is 1. The molecule has 21 heavy (non-hydrogen) atoms. The lowest BCUT2D eigenvalue weighted by molar-refractivity contribution is 0.297. The number of anilines is 1. The lowest BCUT2D eigenvalue weighted by Gasteiger charge is -2.42. The van der Waals surface area contributed by atoms with Gasteiger partial charge in [0.15, 0.2) is 0 Å². The third-order valence-electron chi connectivity index (χ3n) is 4.30. The lowest BCUT2D eigenvalue weighted by atomic mass is 10.1. The molecule has 1 aliphatic heterocycles. The Labute approximate surface area is 126 Å². The number of nitrogens with one attached hydrogen (secondary N) is 1. The molecule has 1 saturated heterocycles. The Kier molecular flexibility index (Phi) is 3.71. The van der Waals surface area contributed by atoms with E-state index in [0.717, 1.165) is 26.1 Å². The van der Waals surface area contributed by atoms with Gasteiger partial charge in [0.25, 0.3) is 0 Å². The minimum atomic E-state index is -2.12. The molecule has 1 aliphatic rings. The summed E-state index contributed by atoms with van der Waals surface area (Å²) in [6.45, 7) is 4.75. The van der Waals surface area contributed by atoms with Gasteiger partial charge in [-0.25, -0.2) is 4.31 Å². The first kappa shape index (κ1) is 14.5. The van der Waals surface area contributed by atoms with Crippen LogP contribution in [-0.4, -0.2) is 51.3 Å². The van der Waals surface area contributed by atoms with Crippen LogP contribution in [0.2, 0.25) is 0 Å². The lowest BCUT2D eigenvalue weighted by Crippen LogP contribution is -2.54. The highest BCUT2D eigenvalue weighted by Gasteiger charge is 2.29. The molecule has 2 aromatic rings. The van der Waals surface area contributed by atoms with E-state index in [0.29, 0.717) is 6.04 Å². The normalized spacial score (nSPS) is 23.3. The van der Waals surface area contributed by atoms with Crippen LogP contribution in [0.25, 0.3) is 10.9 Å². The molecule has 0 radical (unpaired) electrons. The fourth-order valence-corrected chi connectivity index (χ4v) is 4.53. The molecule has 0 saturated carbocycles. The molecule has 2 unspecified atom stereocenters. The van der Waals surface area contributed by atoms with E-state index in [-0.39, 0.29) is 0 Å². The summed E-state index contributed by atoms with van der Waals surface area (Å²) in [7, 11) is -2.12. The van der Waals surface area contributed by atoms with E-state index < -0.39 is 9.71 Å². The summed E-state index contributed by atoms with van der Waals surface area (Å²) in [6, 6.07) is 8.66. The molecule has 0 amide bonds. The summed E-state index contributed by atoms with van der Waals surface area (Å²) in [5.41, 5.74) is 2.41.